The first-order valence-electron chi connectivity index (χ1n) is 7.74. The summed E-state index contributed by atoms with van der Waals surface area (Å²) in [6, 6.07) is 8.29. The van der Waals surface area contributed by atoms with E-state index >= 15 is 0 Å². The lowest BCUT2D eigenvalue weighted by Crippen LogP contribution is -2.38. The first kappa shape index (κ1) is 15.8. The number of carbonyl (C=O) groups excluding carboxylic acids is 2. The second kappa shape index (κ2) is 7.00. The number of thiophene rings is 1. The molecule has 2 amide bonds. The molecule has 5 nitrogen and oxygen atoms in total. The molecule has 1 fully saturated rings. The summed E-state index contributed by atoms with van der Waals surface area (Å²) in [6.45, 7) is 1.16. The van der Waals surface area contributed by atoms with Crippen LogP contribution in [0.1, 0.15) is 18.4 Å². The summed E-state index contributed by atoms with van der Waals surface area (Å²) in [5, 5.41) is 6.38. The van der Waals surface area contributed by atoms with E-state index in [9.17, 15) is 9.59 Å². The standard InChI is InChI=1S/C17H20N2O3S/c1-22-17(21)19-9-8-13(10-19)18-16(20)7-6-12-11-23-15-5-3-2-4-14(12)15/h2-5,11,13H,6-10H2,1H3,(H,18,20)/t13-/m0/s1. The molecule has 0 bridgehead atoms. The maximum Gasteiger partial charge on any atom is 0.409 e. The molecule has 6 heteroatoms. The Labute approximate surface area is 139 Å². The number of benzene rings is 1. The largest absolute Gasteiger partial charge is 0.453 e. The summed E-state index contributed by atoms with van der Waals surface area (Å²) >= 11 is 1.71. The van der Waals surface area contributed by atoms with Gasteiger partial charge in [-0.1, -0.05) is 18.2 Å². The van der Waals surface area contributed by atoms with Crippen LogP contribution < -0.4 is 5.32 Å². The predicted octanol–water partition coefficient (Wildman–Crippen LogP) is 2.79. The highest BCUT2D eigenvalue weighted by Gasteiger charge is 2.27. The van der Waals surface area contributed by atoms with Crippen molar-refractivity contribution in [2.24, 2.45) is 0 Å². The third-order valence-corrected chi connectivity index (χ3v) is 5.18. The molecule has 1 atom stereocenters. The first-order valence-corrected chi connectivity index (χ1v) is 8.62. The number of methoxy groups -OCH3 is 1. The average molecular weight is 332 g/mol. The highest BCUT2D eigenvalue weighted by molar-refractivity contribution is 7.17. The molecule has 1 saturated heterocycles. The summed E-state index contributed by atoms with van der Waals surface area (Å²) in [6.07, 6.45) is 1.66. The normalized spacial score (nSPS) is 17.4. The minimum absolute atomic E-state index is 0.0285. The van der Waals surface area contributed by atoms with Gasteiger partial charge in [-0.3, -0.25) is 4.79 Å². The summed E-state index contributed by atoms with van der Waals surface area (Å²) in [4.78, 5) is 25.2. The third kappa shape index (κ3) is 3.64. The van der Waals surface area contributed by atoms with E-state index < -0.39 is 0 Å². The van der Waals surface area contributed by atoms with Crippen LogP contribution in [0.2, 0.25) is 0 Å². The number of aryl methyl sites for hydroxylation is 1. The van der Waals surface area contributed by atoms with E-state index in [1.165, 1.54) is 22.8 Å². The van der Waals surface area contributed by atoms with Crippen molar-refractivity contribution in [3.05, 3.63) is 35.2 Å². The van der Waals surface area contributed by atoms with Gasteiger partial charge in [0.15, 0.2) is 0 Å². The zero-order valence-corrected chi connectivity index (χ0v) is 13.9. The quantitative estimate of drug-likeness (QED) is 0.936. The molecule has 0 aliphatic carbocycles. The van der Waals surface area contributed by atoms with Crippen LogP contribution in [-0.4, -0.2) is 43.1 Å². The fourth-order valence-corrected chi connectivity index (χ4v) is 3.94. The molecule has 3 rings (SSSR count). The smallest absolute Gasteiger partial charge is 0.409 e. The Morgan fingerprint density at radius 2 is 2.22 bits per heavy atom. The molecular weight excluding hydrogens is 312 g/mol. The Morgan fingerprint density at radius 3 is 3.04 bits per heavy atom. The highest BCUT2D eigenvalue weighted by Crippen LogP contribution is 2.26. The molecule has 1 aliphatic heterocycles. The second-order valence-corrected chi connectivity index (χ2v) is 6.64. The van der Waals surface area contributed by atoms with Crippen LogP contribution in [0.5, 0.6) is 0 Å². The summed E-state index contributed by atoms with van der Waals surface area (Å²) in [5.74, 6) is 0.0389. The zero-order valence-electron chi connectivity index (χ0n) is 13.1. The van der Waals surface area contributed by atoms with E-state index in [1.807, 2.05) is 12.1 Å². The van der Waals surface area contributed by atoms with E-state index in [2.05, 4.69) is 22.8 Å². The summed E-state index contributed by atoms with van der Waals surface area (Å²) in [7, 11) is 1.37. The van der Waals surface area contributed by atoms with Crippen molar-refractivity contribution in [1.82, 2.24) is 10.2 Å². The van der Waals surface area contributed by atoms with Gasteiger partial charge in [-0.2, -0.15) is 0 Å². The fourth-order valence-electron chi connectivity index (χ4n) is 2.95. The number of hydrogen-bond donors (Lipinski definition) is 1. The third-order valence-electron chi connectivity index (χ3n) is 4.17. The highest BCUT2D eigenvalue weighted by atomic mass is 32.1. The number of ether oxygens (including phenoxy) is 1. The fraction of sp³-hybridized carbons (Fsp3) is 0.412. The Morgan fingerprint density at radius 1 is 1.39 bits per heavy atom. The minimum atomic E-state index is -0.327. The number of nitrogens with one attached hydrogen (secondary N) is 1. The molecule has 23 heavy (non-hydrogen) atoms. The molecule has 2 heterocycles. The molecule has 0 radical (unpaired) electrons. The van der Waals surface area contributed by atoms with Crippen molar-refractivity contribution in [3.63, 3.8) is 0 Å². The van der Waals surface area contributed by atoms with Gasteiger partial charge in [0, 0.05) is 30.3 Å². The molecule has 1 aromatic carbocycles. The molecule has 1 N–H and O–H groups in total. The SMILES string of the molecule is COC(=O)N1CC[C@H](NC(=O)CCc2csc3ccccc23)C1. The van der Waals surface area contributed by atoms with Crippen LogP contribution in [0, 0.1) is 0 Å². The summed E-state index contributed by atoms with van der Waals surface area (Å²) in [5.41, 5.74) is 1.23. The Bertz CT molecular complexity index is 713. The Balaban J connectivity index is 1.50. The van der Waals surface area contributed by atoms with Crippen molar-refractivity contribution < 1.29 is 14.3 Å². The maximum absolute atomic E-state index is 12.1. The lowest BCUT2D eigenvalue weighted by Gasteiger charge is -2.15. The van der Waals surface area contributed by atoms with E-state index in [4.69, 9.17) is 4.74 Å². The maximum atomic E-state index is 12.1. The van der Waals surface area contributed by atoms with Gasteiger partial charge < -0.3 is 15.0 Å². The Hall–Kier alpha value is -2.08. The van der Waals surface area contributed by atoms with Gasteiger partial charge in [0.25, 0.3) is 0 Å². The van der Waals surface area contributed by atoms with Gasteiger partial charge in [0.05, 0.1) is 7.11 Å². The van der Waals surface area contributed by atoms with E-state index in [0.29, 0.717) is 19.5 Å². The zero-order chi connectivity index (χ0) is 16.2. The Kier molecular flexibility index (Phi) is 4.81. The van der Waals surface area contributed by atoms with Crippen LogP contribution in [0.25, 0.3) is 10.1 Å². The molecule has 2 aromatic rings. The van der Waals surface area contributed by atoms with Crippen LogP contribution in [0.3, 0.4) is 0 Å². The van der Waals surface area contributed by atoms with Gasteiger partial charge in [-0.25, -0.2) is 4.79 Å². The first-order chi connectivity index (χ1) is 11.2. The van der Waals surface area contributed by atoms with Gasteiger partial charge in [0.1, 0.15) is 0 Å². The van der Waals surface area contributed by atoms with E-state index in [-0.39, 0.29) is 18.0 Å². The molecule has 0 saturated carbocycles. The minimum Gasteiger partial charge on any atom is -0.453 e. The number of carbonyl (C=O) groups is 2. The average Bonchev–Trinajstić information content (AvgIpc) is 3.19. The van der Waals surface area contributed by atoms with Crippen molar-refractivity contribution in [2.45, 2.75) is 25.3 Å². The number of likely N-dealkylation sites (tertiary alicyclic amines) is 1. The van der Waals surface area contributed by atoms with Gasteiger partial charge in [0.2, 0.25) is 5.91 Å². The number of nitrogens with zero attached hydrogens (tertiary/aromatic N) is 1. The van der Waals surface area contributed by atoms with E-state index in [0.717, 1.165) is 12.8 Å². The van der Waals surface area contributed by atoms with Crippen molar-refractivity contribution in [3.8, 4) is 0 Å². The number of hydrogen-bond acceptors (Lipinski definition) is 4. The number of fused-ring (bicyclic) bond motifs is 1. The molecular formula is C17H20N2O3S. The van der Waals surface area contributed by atoms with Gasteiger partial charge in [-0.05, 0) is 35.2 Å². The van der Waals surface area contributed by atoms with Gasteiger partial charge in [-0.15, -0.1) is 11.3 Å². The molecule has 122 valence electrons. The topological polar surface area (TPSA) is 58.6 Å². The lowest BCUT2D eigenvalue weighted by molar-refractivity contribution is -0.121. The summed E-state index contributed by atoms with van der Waals surface area (Å²) < 4.78 is 5.96. The van der Waals surface area contributed by atoms with E-state index in [1.54, 1.807) is 16.2 Å². The number of amides is 2. The molecule has 1 aliphatic rings. The van der Waals surface area contributed by atoms with Crippen LogP contribution >= 0.6 is 11.3 Å². The van der Waals surface area contributed by atoms with Crippen LogP contribution in [0.15, 0.2) is 29.6 Å². The lowest BCUT2D eigenvalue weighted by atomic mass is 10.1. The monoisotopic (exact) mass is 332 g/mol. The van der Waals surface area contributed by atoms with Gasteiger partial charge >= 0.3 is 6.09 Å². The van der Waals surface area contributed by atoms with Crippen molar-refractivity contribution >= 4 is 33.4 Å². The molecule has 0 spiro atoms. The predicted molar refractivity (Wildman–Crippen MR) is 90.7 cm³/mol. The van der Waals surface area contributed by atoms with Crippen molar-refractivity contribution in [2.75, 3.05) is 20.2 Å². The number of rotatable bonds is 4. The van der Waals surface area contributed by atoms with Crippen molar-refractivity contribution in [1.29, 1.82) is 0 Å². The van der Waals surface area contributed by atoms with Crippen LogP contribution in [-0.2, 0) is 16.0 Å². The molecule has 1 aromatic heterocycles. The second-order valence-electron chi connectivity index (χ2n) is 5.73. The van der Waals surface area contributed by atoms with Crippen LogP contribution in [0.4, 0.5) is 4.79 Å². The molecule has 0 unspecified atom stereocenters.